The summed E-state index contributed by atoms with van der Waals surface area (Å²) in [6, 6.07) is 14.6. The normalized spacial score (nSPS) is 16.3. The predicted molar refractivity (Wildman–Crippen MR) is 496 cm³/mol. The highest BCUT2D eigenvalue weighted by molar-refractivity contribution is 5.94. The molecule has 7 rings (SSSR count). The van der Waals surface area contributed by atoms with E-state index in [0.29, 0.717) is 101 Å². The quantitative estimate of drug-likeness (QED) is 0.0144. The van der Waals surface area contributed by atoms with E-state index in [1.165, 1.54) is 89.1 Å². The molecule has 42 heteroatoms. The van der Waals surface area contributed by atoms with Crippen molar-refractivity contribution in [3.05, 3.63) is 171 Å². The number of carbonyl (C=O) groups excluding carboxylic acids is 8. The van der Waals surface area contributed by atoms with Crippen LogP contribution in [0.25, 0.3) is 0 Å². The van der Waals surface area contributed by atoms with Crippen molar-refractivity contribution in [1.29, 1.82) is 0 Å². The molecule has 14 unspecified atom stereocenters. The summed E-state index contributed by atoms with van der Waals surface area (Å²) in [5, 5.41) is 114. The molecular weight excluding hydrogens is 1790 g/mol. The number of allylic oxidation sites excluding steroid dienone is 2. The zero-order valence-electron chi connectivity index (χ0n) is 80.5. The van der Waals surface area contributed by atoms with Crippen molar-refractivity contribution >= 4 is 47.8 Å². The summed E-state index contributed by atoms with van der Waals surface area (Å²) < 4.78 is 53.9. The molecule has 3 aromatic carbocycles. The monoisotopic (exact) mass is 1930 g/mol. The number of benzene rings is 3. The Kier molecular flexibility index (Phi) is 60.2. The Labute approximate surface area is 789 Å². The van der Waals surface area contributed by atoms with Gasteiger partial charge in [-0.3, -0.25) is 19.2 Å². The number of aliphatic hydroxyl groups is 10. The second-order valence-electron chi connectivity index (χ2n) is 31.6. The van der Waals surface area contributed by atoms with Crippen LogP contribution in [-0.2, 0) is 96.3 Å². The van der Waals surface area contributed by atoms with Crippen molar-refractivity contribution in [2.45, 2.75) is 285 Å². The average molecular weight is 1930 g/mol. The Morgan fingerprint density at radius 3 is 0.706 bits per heavy atom. The SMILES string of the molecule is C=CCn1c(=O)n(CC(O)CC)c(=O)n(CC(O)CC)c1=O.C=CCn1c(=O)n(CC(O)CC)c(=O)n(CC(O)CC)c1=O.CCC(O)COC(=O)C1CCCCC1C(=O)OCC(O)CC.CCC(O)COC(=O)C1CCCCC1C(=O)OCC(O)CC.CCC(O)COC(=O)c1ccc(C(=O)OCC(O)CC)cc1.COC(=O)c1ccc(OC)cc1O.COC(=O)c1ccc(OC)cc1O. The van der Waals surface area contributed by atoms with Gasteiger partial charge in [-0.1, -0.05) is 107 Å². The molecule has 5 aromatic rings. The first-order chi connectivity index (χ1) is 64.6. The maximum absolute atomic E-state index is 12.3. The lowest BCUT2D eigenvalue weighted by Crippen LogP contribution is -2.56. The molecule has 42 nitrogen and oxygen atoms in total. The van der Waals surface area contributed by atoms with Crippen LogP contribution in [-0.4, -0.2) is 266 Å². The van der Waals surface area contributed by atoms with Crippen LogP contribution in [0.5, 0.6) is 23.0 Å². The van der Waals surface area contributed by atoms with Crippen molar-refractivity contribution in [3.8, 4) is 23.0 Å². The summed E-state index contributed by atoms with van der Waals surface area (Å²) in [4.78, 5) is 168. The Bertz CT molecular complexity index is 4390. The number of esters is 8. The van der Waals surface area contributed by atoms with Gasteiger partial charge in [0, 0.05) is 12.1 Å². The van der Waals surface area contributed by atoms with Crippen LogP contribution in [0.15, 0.2) is 115 Å². The molecule has 0 spiro atoms. The van der Waals surface area contributed by atoms with Crippen molar-refractivity contribution in [1.82, 2.24) is 27.4 Å². The number of aromatic nitrogens is 6. The third-order valence-corrected chi connectivity index (χ3v) is 21.5. The molecular formula is C94H144N6O36. The van der Waals surface area contributed by atoms with Crippen molar-refractivity contribution < 1.29 is 147 Å². The van der Waals surface area contributed by atoms with Crippen LogP contribution in [0, 0.1) is 23.7 Å². The van der Waals surface area contributed by atoms with E-state index in [9.17, 15) is 128 Å². The second kappa shape index (κ2) is 66.9. The molecule has 14 atom stereocenters. The number of hydrogen-bond acceptors (Lipinski definition) is 36. The van der Waals surface area contributed by atoms with E-state index in [0.717, 1.165) is 53.1 Å². The van der Waals surface area contributed by atoms with Gasteiger partial charge in [0.25, 0.3) is 0 Å². The van der Waals surface area contributed by atoms with Gasteiger partial charge >= 0.3 is 81.9 Å². The van der Waals surface area contributed by atoms with Crippen LogP contribution >= 0.6 is 0 Å². The number of phenolic OH excluding ortho intramolecular Hbond substituents is 2. The molecule has 2 aliphatic carbocycles. The third kappa shape index (κ3) is 42.4. The molecule has 0 amide bonds. The van der Waals surface area contributed by atoms with Crippen molar-refractivity contribution in [3.63, 3.8) is 0 Å². The molecule has 0 aliphatic heterocycles. The highest BCUT2D eigenvalue weighted by Crippen LogP contribution is 2.34. The fourth-order valence-corrected chi connectivity index (χ4v) is 12.3. The largest absolute Gasteiger partial charge is 0.507 e. The van der Waals surface area contributed by atoms with E-state index < -0.39 is 167 Å². The molecule has 2 heterocycles. The Morgan fingerprint density at radius 1 is 0.316 bits per heavy atom. The first-order valence-corrected chi connectivity index (χ1v) is 45.5. The van der Waals surface area contributed by atoms with Crippen LogP contribution in [0.2, 0.25) is 0 Å². The van der Waals surface area contributed by atoms with Gasteiger partial charge in [-0.2, -0.15) is 0 Å². The molecule has 2 fully saturated rings. The lowest BCUT2D eigenvalue weighted by molar-refractivity contribution is -0.165. The summed E-state index contributed by atoms with van der Waals surface area (Å²) >= 11 is 0. The highest BCUT2D eigenvalue weighted by atomic mass is 16.6. The molecule has 0 bridgehead atoms. The van der Waals surface area contributed by atoms with Crippen LogP contribution < -0.4 is 43.6 Å². The van der Waals surface area contributed by atoms with Crippen LogP contribution in [0.3, 0.4) is 0 Å². The average Bonchev–Trinajstić information content (AvgIpc) is 0.782. The van der Waals surface area contributed by atoms with Gasteiger partial charge in [0.2, 0.25) is 0 Å². The van der Waals surface area contributed by atoms with E-state index in [1.807, 2.05) is 0 Å². The summed E-state index contributed by atoms with van der Waals surface area (Å²) in [5.74, 6) is -5.37. The lowest BCUT2D eigenvalue weighted by atomic mass is 9.79. The number of rotatable bonds is 44. The molecule has 2 saturated carbocycles. The smallest absolute Gasteiger partial charge is 0.341 e. The summed E-state index contributed by atoms with van der Waals surface area (Å²) in [6.07, 6.45) is 5.61. The number of hydrogen-bond donors (Lipinski definition) is 12. The van der Waals surface area contributed by atoms with Crippen LogP contribution in [0.1, 0.15) is 226 Å². The van der Waals surface area contributed by atoms with Gasteiger partial charge in [0.05, 0.1) is 164 Å². The second-order valence-corrected chi connectivity index (χ2v) is 31.6. The van der Waals surface area contributed by atoms with Crippen molar-refractivity contribution in [2.75, 3.05) is 68.1 Å². The molecule has 0 saturated heterocycles. The zero-order chi connectivity index (χ0) is 103. The summed E-state index contributed by atoms with van der Waals surface area (Å²) in [5.41, 5.74) is -3.97. The number of nitrogens with zero attached hydrogens (tertiary/aromatic N) is 6. The maximum Gasteiger partial charge on any atom is 0.341 e. The number of ether oxygens (including phenoxy) is 10. The molecule has 2 aliphatic rings. The topological polar surface area (TPSA) is 604 Å². The molecule has 766 valence electrons. The van der Waals surface area contributed by atoms with Gasteiger partial charge in [0.1, 0.15) is 73.8 Å². The first kappa shape index (κ1) is 123. The Hall–Kier alpha value is -11.5. The number of carbonyl (C=O) groups is 8. The van der Waals surface area contributed by atoms with Crippen LogP contribution in [0.4, 0.5) is 0 Å². The van der Waals surface area contributed by atoms with Gasteiger partial charge < -0.3 is 109 Å². The van der Waals surface area contributed by atoms with E-state index in [1.54, 1.807) is 81.4 Å². The lowest BCUT2D eigenvalue weighted by Gasteiger charge is -2.28. The van der Waals surface area contributed by atoms with Gasteiger partial charge in [-0.25, -0.2) is 75.3 Å². The highest BCUT2D eigenvalue weighted by Gasteiger charge is 2.40. The molecule has 12 N–H and O–H groups in total. The standard InChI is InChI=1S/C16H22O6.2C16H28O6.2C14H23N3O5.2C9H10O4/c1-3-13(17)9-21-15(19)11-5-7-12(8-6-11)16(20)22-10-14(18)4-2;2*1-3-11(17)9-21-15(19)13-7-5-6-8-14(13)16(20)22-10-12(18)4-2;2*1-4-7-15-12(20)16(8-10(18)5-2)14(22)17(13(15)21)9-11(19)6-3;2*1-12-6-3-4-7(8(10)5-6)9(11)13-2/h5-8,13-14,17-18H,3-4,9-10H2,1-2H3;2*11-14,17-18H,3-10H2,1-2H3;2*4,10-11,18-19H,1,5-9H2,2-3H3;2*3-5,10H,1-2H3. The van der Waals surface area contributed by atoms with E-state index in [2.05, 4.69) is 22.6 Å². The van der Waals surface area contributed by atoms with E-state index >= 15 is 0 Å². The van der Waals surface area contributed by atoms with Gasteiger partial charge in [-0.15, -0.1) is 13.2 Å². The molecule has 136 heavy (non-hydrogen) atoms. The number of aromatic hydroxyl groups is 2. The van der Waals surface area contributed by atoms with E-state index in [-0.39, 0.29) is 113 Å². The fraction of sp³-hybridized carbons (Fsp3) is 0.617. The maximum atomic E-state index is 12.3. The summed E-state index contributed by atoms with van der Waals surface area (Å²) in [6.45, 7) is 23.4. The van der Waals surface area contributed by atoms with E-state index in [4.69, 9.17) is 37.9 Å². The van der Waals surface area contributed by atoms with Gasteiger partial charge in [-0.05, 0) is 138 Å². The number of methoxy groups -OCH3 is 4. The number of phenols is 2. The number of aliphatic hydroxyl groups excluding tert-OH is 10. The summed E-state index contributed by atoms with van der Waals surface area (Å²) in [7, 11) is 5.47. The zero-order valence-corrected chi connectivity index (χ0v) is 80.5. The predicted octanol–water partition coefficient (Wildman–Crippen LogP) is 4.56. The Morgan fingerprint density at radius 2 is 0.522 bits per heavy atom. The first-order valence-electron chi connectivity index (χ1n) is 45.5. The minimum absolute atomic E-state index is 0.0395. The molecule has 0 radical (unpaired) electrons. The van der Waals surface area contributed by atoms with Gasteiger partial charge in [0.15, 0.2) is 0 Å². The Balaban J connectivity index is 0.000000800. The van der Waals surface area contributed by atoms with Crippen molar-refractivity contribution in [2.24, 2.45) is 23.7 Å². The molecule has 2 aromatic heterocycles. The fourth-order valence-electron chi connectivity index (χ4n) is 12.3. The minimum Gasteiger partial charge on any atom is -0.507 e. The minimum atomic E-state index is -0.871. The third-order valence-electron chi connectivity index (χ3n) is 21.5.